The van der Waals surface area contributed by atoms with E-state index in [2.05, 4.69) is 20.8 Å². The van der Waals surface area contributed by atoms with Crippen LogP contribution in [0, 0.1) is 0 Å². The molecule has 0 bridgehead atoms. The van der Waals surface area contributed by atoms with E-state index >= 15 is 0 Å². The third-order valence-corrected chi connectivity index (χ3v) is 14.5. The molecule has 8 heteroatoms. The van der Waals surface area contributed by atoms with Gasteiger partial charge in [0.05, 0.1) is 13.2 Å². The zero-order chi connectivity index (χ0) is 49.2. The lowest BCUT2D eigenvalue weighted by Gasteiger charge is -2.28. The van der Waals surface area contributed by atoms with Crippen LogP contribution in [0.5, 0.6) is 0 Å². The predicted octanol–water partition coefficient (Wildman–Crippen LogP) is 17.9. The van der Waals surface area contributed by atoms with Crippen molar-refractivity contribution >= 4 is 17.9 Å². The van der Waals surface area contributed by atoms with Crippen molar-refractivity contribution in [1.29, 1.82) is 0 Å². The fraction of sp³-hybridized carbons (Fsp3) is 0.950. The highest BCUT2D eigenvalue weighted by Crippen LogP contribution is 2.27. The van der Waals surface area contributed by atoms with Crippen molar-refractivity contribution in [2.24, 2.45) is 0 Å². The van der Waals surface area contributed by atoms with E-state index in [0.717, 1.165) is 57.8 Å². The van der Waals surface area contributed by atoms with Gasteiger partial charge < -0.3 is 24.1 Å². The van der Waals surface area contributed by atoms with Gasteiger partial charge in [-0.05, 0) is 19.3 Å². The third-order valence-electron chi connectivity index (χ3n) is 14.5. The van der Waals surface area contributed by atoms with Crippen LogP contribution in [0.25, 0.3) is 0 Å². The molecule has 1 rings (SSSR count). The van der Waals surface area contributed by atoms with Gasteiger partial charge in [0, 0.05) is 19.3 Å². The normalized spacial score (nSPS) is 16.3. The van der Waals surface area contributed by atoms with Crippen LogP contribution in [0.2, 0.25) is 0 Å². The number of ether oxygens (including phenoxy) is 4. The molecular weight excluding hydrogens is 849 g/mol. The van der Waals surface area contributed by atoms with Crippen molar-refractivity contribution in [3.63, 3.8) is 0 Å². The highest BCUT2D eigenvalue weighted by Gasteiger charge is 2.47. The molecule has 1 fully saturated rings. The summed E-state index contributed by atoms with van der Waals surface area (Å²) in [5.41, 5.74) is 0. The topological polar surface area (TPSA) is 108 Å². The van der Waals surface area contributed by atoms with E-state index in [9.17, 15) is 19.5 Å². The maximum absolute atomic E-state index is 13.3. The molecule has 1 N–H and O–H groups in total. The fourth-order valence-corrected chi connectivity index (χ4v) is 9.97. The Bertz CT molecular complexity index is 1100. The molecule has 0 aromatic rings. The molecule has 0 aromatic heterocycles. The van der Waals surface area contributed by atoms with Crippen molar-refractivity contribution in [2.75, 3.05) is 13.2 Å². The molecule has 0 aliphatic carbocycles. The molecule has 0 aromatic carbocycles. The van der Waals surface area contributed by atoms with E-state index in [1.165, 1.54) is 231 Å². The lowest BCUT2D eigenvalue weighted by atomic mass is 10.0. The Morgan fingerprint density at radius 1 is 0.382 bits per heavy atom. The summed E-state index contributed by atoms with van der Waals surface area (Å²) >= 11 is 0. The Balaban J connectivity index is 2.46. The molecule has 0 spiro atoms. The molecule has 0 radical (unpaired) electrons. The molecule has 8 nitrogen and oxygen atoms in total. The smallest absolute Gasteiger partial charge is 0.306 e. The molecule has 1 aliphatic heterocycles. The number of carbonyl (C=O) groups excluding carboxylic acids is 3. The first-order chi connectivity index (χ1) is 33.5. The van der Waals surface area contributed by atoms with Crippen molar-refractivity contribution in [2.45, 2.75) is 353 Å². The van der Waals surface area contributed by atoms with E-state index in [0.29, 0.717) is 6.42 Å². The van der Waals surface area contributed by atoms with Gasteiger partial charge in [0.2, 0.25) is 0 Å². The average Bonchev–Trinajstić information content (AvgIpc) is 3.72. The van der Waals surface area contributed by atoms with Crippen LogP contribution < -0.4 is 0 Å². The van der Waals surface area contributed by atoms with Crippen molar-refractivity contribution < 1.29 is 38.4 Å². The quantitative estimate of drug-likeness (QED) is 0.0365. The van der Waals surface area contributed by atoms with Crippen molar-refractivity contribution in [1.82, 2.24) is 0 Å². The number of hydrogen-bond acceptors (Lipinski definition) is 8. The zero-order valence-corrected chi connectivity index (χ0v) is 45.5. The average molecular weight is 964 g/mol. The second-order valence-electron chi connectivity index (χ2n) is 21.1. The summed E-state index contributed by atoms with van der Waals surface area (Å²) in [5, 5.41) is 10.4. The largest absolute Gasteiger partial charge is 0.457 e. The Hall–Kier alpha value is -1.67. The van der Waals surface area contributed by atoms with E-state index in [1.54, 1.807) is 0 Å². The summed E-state index contributed by atoms with van der Waals surface area (Å²) in [4.78, 5) is 39.3. The number of unbranched alkanes of at least 4 members (excludes halogenated alkanes) is 42. The third kappa shape index (κ3) is 40.0. The first kappa shape index (κ1) is 64.3. The minimum absolute atomic E-state index is 0.0271. The Kier molecular flexibility index (Phi) is 47.6. The second-order valence-corrected chi connectivity index (χ2v) is 21.1. The Morgan fingerprint density at radius 2 is 0.632 bits per heavy atom. The summed E-state index contributed by atoms with van der Waals surface area (Å²) in [7, 11) is 0. The van der Waals surface area contributed by atoms with Crippen LogP contribution in [0.1, 0.15) is 329 Å². The molecule has 4 atom stereocenters. The van der Waals surface area contributed by atoms with Crippen LogP contribution >= 0.6 is 0 Å². The van der Waals surface area contributed by atoms with Crippen LogP contribution in [0.4, 0.5) is 0 Å². The summed E-state index contributed by atoms with van der Waals surface area (Å²) in [5.74, 6) is -1.09. The highest BCUT2D eigenvalue weighted by atomic mass is 16.6. The van der Waals surface area contributed by atoms with Crippen LogP contribution in [0.3, 0.4) is 0 Å². The second kappa shape index (κ2) is 50.3. The molecule has 0 amide bonds. The van der Waals surface area contributed by atoms with Gasteiger partial charge in [-0.15, -0.1) is 0 Å². The van der Waals surface area contributed by atoms with Gasteiger partial charge in [-0.3, -0.25) is 14.4 Å². The van der Waals surface area contributed by atoms with E-state index in [4.69, 9.17) is 18.9 Å². The highest BCUT2D eigenvalue weighted by molar-refractivity contribution is 5.71. The van der Waals surface area contributed by atoms with E-state index in [1.807, 2.05) is 0 Å². The van der Waals surface area contributed by atoms with Crippen molar-refractivity contribution in [3.8, 4) is 0 Å². The van der Waals surface area contributed by atoms with E-state index < -0.39 is 31.0 Å². The summed E-state index contributed by atoms with van der Waals surface area (Å²) in [6.07, 6.45) is 53.6. The predicted molar refractivity (Wildman–Crippen MR) is 285 cm³/mol. The maximum atomic E-state index is 13.3. The van der Waals surface area contributed by atoms with Crippen LogP contribution in [-0.2, 0) is 33.3 Å². The first-order valence-electron chi connectivity index (χ1n) is 30.3. The lowest BCUT2D eigenvalue weighted by Crippen LogP contribution is -2.46. The molecular formula is C60H114O8. The molecule has 68 heavy (non-hydrogen) atoms. The van der Waals surface area contributed by atoms with Gasteiger partial charge in [-0.25, -0.2) is 0 Å². The summed E-state index contributed by atoms with van der Waals surface area (Å²) < 4.78 is 23.7. The Labute approximate surface area is 421 Å². The van der Waals surface area contributed by atoms with Gasteiger partial charge in [-0.2, -0.15) is 0 Å². The number of carbonyl (C=O) groups is 3. The number of aliphatic hydroxyl groups is 1. The molecule has 1 saturated heterocycles. The van der Waals surface area contributed by atoms with Gasteiger partial charge in [-0.1, -0.05) is 290 Å². The van der Waals surface area contributed by atoms with Gasteiger partial charge in [0.25, 0.3) is 0 Å². The van der Waals surface area contributed by atoms with Crippen LogP contribution in [-0.4, -0.2) is 60.6 Å². The van der Waals surface area contributed by atoms with E-state index in [-0.39, 0.29) is 37.4 Å². The molecule has 4 unspecified atom stereocenters. The minimum Gasteiger partial charge on any atom is -0.457 e. The summed E-state index contributed by atoms with van der Waals surface area (Å²) in [6, 6.07) is 0. The lowest BCUT2D eigenvalue weighted by molar-refractivity contribution is -0.175. The number of hydrogen-bond donors (Lipinski definition) is 1. The standard InChI is InChI=1S/C60H114O8/c1-4-7-10-13-16-19-22-25-28-31-34-37-40-43-46-49-56(62)66-54(52-61)59-60(68-58(64)51-48-45-42-39-36-33-30-27-24-21-18-15-12-9-6-3)55(53-65-59)67-57(63)50-47-44-41-38-35-32-29-26-23-20-17-14-11-8-5-2/h54-55,59-61H,4-53H2,1-3H3. The Morgan fingerprint density at radius 3 is 0.912 bits per heavy atom. The SMILES string of the molecule is CCCCCCCCCCCCCCCCCC(=O)OC(CO)C1OCC(OC(=O)CCCCCCCCCCCCCCCCC)C1OC(=O)CCCCCCCCCCCCCCCCC. The van der Waals surface area contributed by atoms with Crippen molar-refractivity contribution in [3.05, 3.63) is 0 Å². The van der Waals surface area contributed by atoms with Gasteiger partial charge >= 0.3 is 17.9 Å². The monoisotopic (exact) mass is 963 g/mol. The van der Waals surface area contributed by atoms with Gasteiger partial charge in [0.1, 0.15) is 6.10 Å². The molecule has 1 aliphatic rings. The molecule has 402 valence electrons. The van der Waals surface area contributed by atoms with Gasteiger partial charge in [0.15, 0.2) is 18.3 Å². The number of rotatable bonds is 53. The van der Waals surface area contributed by atoms with Crippen LogP contribution in [0.15, 0.2) is 0 Å². The molecule has 0 saturated carbocycles. The number of esters is 3. The summed E-state index contributed by atoms with van der Waals surface area (Å²) in [6.45, 7) is 6.37. The zero-order valence-electron chi connectivity index (χ0n) is 45.5. The maximum Gasteiger partial charge on any atom is 0.306 e. The number of aliphatic hydroxyl groups excluding tert-OH is 1. The minimum atomic E-state index is -1.01. The first-order valence-corrected chi connectivity index (χ1v) is 30.3. The fourth-order valence-electron chi connectivity index (χ4n) is 9.97. The molecule has 1 heterocycles.